The number of ether oxygens (including phenoxy) is 8. The molecule has 0 aliphatic carbocycles. The highest BCUT2D eigenvalue weighted by molar-refractivity contribution is 5.91. The van der Waals surface area contributed by atoms with Crippen LogP contribution in [0.3, 0.4) is 0 Å². The van der Waals surface area contributed by atoms with Gasteiger partial charge in [0.15, 0.2) is 58.2 Å². The van der Waals surface area contributed by atoms with Gasteiger partial charge >= 0.3 is 11.9 Å². The number of esters is 2. The maximum absolute atomic E-state index is 11.9. The van der Waals surface area contributed by atoms with Crippen LogP contribution in [-0.2, 0) is 9.47 Å². The maximum Gasteiger partial charge on any atom is 0.338 e. The summed E-state index contributed by atoms with van der Waals surface area (Å²) in [6.07, 6.45) is 9.06. The molecule has 0 aliphatic rings. The first kappa shape index (κ1) is 103. The van der Waals surface area contributed by atoms with Crippen molar-refractivity contribution in [3.8, 4) is 188 Å². The monoisotopic (exact) mass is 1940 g/mol. The predicted octanol–water partition coefficient (Wildman–Crippen LogP) is 25.3. The minimum Gasteiger partial charge on any atom is -0.507 e. The normalized spacial score (nSPS) is 11.2. The van der Waals surface area contributed by atoms with Crippen LogP contribution in [0.5, 0.6) is 63.2 Å². The summed E-state index contributed by atoms with van der Waals surface area (Å²) < 4.78 is 42.7. The van der Waals surface area contributed by atoms with E-state index in [1.807, 2.05) is 165 Å². The molecule has 2 unspecified atom stereocenters. The van der Waals surface area contributed by atoms with Crippen molar-refractivity contribution in [2.24, 2.45) is 11.8 Å². The molecule has 17 aromatic rings. The van der Waals surface area contributed by atoms with Gasteiger partial charge in [-0.25, -0.2) is 49.5 Å². The SMILES string of the molecule is CCCCC(CC)COc1ccc(-c2nc(-c3ccc(C)cc3)nc(-c3ccc(OCC(CC)CCCC)cc3O)n2)c(O)c1.CCOC(=O)c1ccc(Nc2nc(-c3ccc(OC)cc3)nc(-c3ccc(OC)cc3)n2)cc1.COC(=O)c1ccc(Nc2nc(-c3ccc(OC)cc3O)nc(-c3ccc(OC)cc3O)n2)cc1.Oc1ccccc1-c1nc(-c2ccccc2)nc(-c2ccc(-c3ccccc3)cc2)n1. The van der Waals surface area contributed by atoms with Crippen molar-refractivity contribution in [1.29, 1.82) is 0 Å². The van der Waals surface area contributed by atoms with Crippen LogP contribution in [0.15, 0.2) is 303 Å². The van der Waals surface area contributed by atoms with Gasteiger partial charge in [0.2, 0.25) is 11.9 Å². The Morgan fingerprint density at radius 3 is 0.945 bits per heavy atom. The molecule has 4 heterocycles. The Bertz CT molecular complexity index is 6940. The van der Waals surface area contributed by atoms with E-state index in [9.17, 15) is 35.1 Å². The van der Waals surface area contributed by atoms with E-state index >= 15 is 0 Å². The molecule has 29 nitrogen and oxygen atoms in total. The standard InChI is InChI=1S/C38H49N3O4.C27H19N3O.C26H24N4O4.C25H22N4O6/c1-6-10-12-27(8-3)24-44-30-18-20-32(34(42)22-30)37-39-36(29-16-14-26(5)15-17-29)40-38(41-37)33-21-19-31(23-35(33)43)45-25-28(9-4)13-11-7-2;31-24-14-8-7-13-23(24)27-29-25(21-11-5-2-6-12-21)28-26(30-27)22-17-15-20(16-18-22)19-9-3-1-4-10-19;1-4-34-25(31)19-5-11-20(12-6-19)27-26-29-23(17-7-13-21(32-2)14-8-17)28-24(30-26)18-9-15-22(33-3)16-10-18;1-33-16-8-10-18(20(30)12-16)22-27-23(19-11-9-17(34-2)13-21(19)31)29-25(28-22)26-15-6-4-14(5-7-15)24(32)35-3/h14-23,27-28,42-43H,6-13,24-25H2,1-5H3;1-18,31H;5-16H,4H2,1-3H3,(H,27,28,29,30);4-13,30-31H,1-3H3,(H,26,27,28,29). The Balaban J connectivity index is 0.000000154. The fourth-order valence-electron chi connectivity index (χ4n) is 15.2. The van der Waals surface area contributed by atoms with E-state index in [0.29, 0.717) is 152 Å². The third-order valence-electron chi connectivity index (χ3n) is 23.6. The average Bonchev–Trinajstić information content (AvgIpc) is 0.799. The number of carbonyl (C=O) groups is 2. The zero-order valence-electron chi connectivity index (χ0n) is 82.5. The second-order valence-electron chi connectivity index (χ2n) is 33.6. The van der Waals surface area contributed by atoms with Gasteiger partial charge in [-0.3, -0.25) is 0 Å². The Kier molecular flexibility index (Phi) is 36.2. The lowest BCUT2D eigenvalue weighted by Crippen LogP contribution is -2.11. The largest absolute Gasteiger partial charge is 0.507 e. The molecule has 13 aromatic carbocycles. The van der Waals surface area contributed by atoms with Gasteiger partial charge in [0.05, 0.1) is 94.3 Å². The number of aromatic nitrogens is 12. The van der Waals surface area contributed by atoms with E-state index in [4.69, 9.17) is 57.8 Å². The van der Waals surface area contributed by atoms with Crippen LogP contribution >= 0.6 is 0 Å². The van der Waals surface area contributed by atoms with Gasteiger partial charge in [0, 0.05) is 63.5 Å². The molecular formula is C116H114N14O15. The lowest BCUT2D eigenvalue weighted by Gasteiger charge is -2.16. The number of nitrogens with one attached hydrogen (secondary N) is 2. The molecule has 0 saturated carbocycles. The summed E-state index contributed by atoms with van der Waals surface area (Å²) in [5.74, 6) is 8.26. The van der Waals surface area contributed by atoms with Crippen LogP contribution < -0.4 is 39.1 Å². The first-order chi connectivity index (χ1) is 70.6. The number of benzene rings is 13. The van der Waals surface area contributed by atoms with Gasteiger partial charge in [-0.1, -0.05) is 193 Å². The number of anilines is 4. The van der Waals surface area contributed by atoms with Crippen molar-refractivity contribution >= 4 is 35.2 Å². The third kappa shape index (κ3) is 27.9. The summed E-state index contributed by atoms with van der Waals surface area (Å²) in [6.45, 7) is 14.1. The molecule has 0 aliphatic heterocycles. The molecule has 17 rings (SSSR count). The number of hydrogen-bond acceptors (Lipinski definition) is 29. The number of aryl methyl sites for hydroxylation is 1. The molecule has 0 radical (unpaired) electrons. The van der Waals surface area contributed by atoms with Gasteiger partial charge in [0.1, 0.15) is 63.2 Å². The van der Waals surface area contributed by atoms with Crippen LogP contribution in [0.1, 0.15) is 112 Å². The Morgan fingerprint density at radius 2 is 0.579 bits per heavy atom. The van der Waals surface area contributed by atoms with Crippen molar-refractivity contribution in [3.05, 3.63) is 320 Å². The topological polar surface area (TPSA) is 388 Å². The lowest BCUT2D eigenvalue weighted by molar-refractivity contribution is 0.0525. The molecule has 0 amide bonds. The van der Waals surface area contributed by atoms with Crippen LogP contribution in [0.25, 0.3) is 125 Å². The number of carbonyl (C=O) groups excluding carboxylic acids is 2. The van der Waals surface area contributed by atoms with Gasteiger partial charge in [0.25, 0.3) is 0 Å². The molecule has 4 aromatic heterocycles. The van der Waals surface area contributed by atoms with Crippen molar-refractivity contribution in [3.63, 3.8) is 0 Å². The Hall–Kier alpha value is -17.8. The summed E-state index contributed by atoms with van der Waals surface area (Å²) >= 11 is 0. The van der Waals surface area contributed by atoms with Crippen LogP contribution in [0.4, 0.5) is 23.3 Å². The third-order valence-corrected chi connectivity index (χ3v) is 23.6. The molecule has 7 N–H and O–H groups in total. The fraction of sp³-hybridized carbons (Fsp3) is 0.207. The number of methoxy groups -OCH3 is 5. The number of unbranched alkanes of at least 4 members (excludes halogenated alkanes) is 2. The summed E-state index contributed by atoms with van der Waals surface area (Å²) in [6, 6.07) is 91.6. The highest BCUT2D eigenvalue weighted by Crippen LogP contribution is 2.41. The zero-order chi connectivity index (χ0) is 102. The minimum atomic E-state index is -0.453. The van der Waals surface area contributed by atoms with Crippen molar-refractivity contribution in [2.75, 3.05) is 66.0 Å². The Morgan fingerprint density at radius 1 is 0.290 bits per heavy atom. The van der Waals surface area contributed by atoms with Gasteiger partial charge in [-0.05, 0) is 207 Å². The molecule has 738 valence electrons. The predicted molar refractivity (Wildman–Crippen MR) is 563 cm³/mol. The summed E-state index contributed by atoms with van der Waals surface area (Å²) in [5.41, 5.74) is 12.0. The highest BCUT2D eigenvalue weighted by Gasteiger charge is 2.24. The number of aromatic hydroxyl groups is 5. The second-order valence-corrected chi connectivity index (χ2v) is 33.6. The van der Waals surface area contributed by atoms with Gasteiger partial charge < -0.3 is 74.1 Å². The molecule has 145 heavy (non-hydrogen) atoms. The fourth-order valence-corrected chi connectivity index (χ4v) is 15.2. The second kappa shape index (κ2) is 50.9. The van der Waals surface area contributed by atoms with Crippen LogP contribution in [0, 0.1) is 18.8 Å². The molecule has 0 saturated heterocycles. The molecule has 0 spiro atoms. The molecule has 0 bridgehead atoms. The number of hydrogen-bond donors (Lipinski definition) is 7. The average molecular weight is 1940 g/mol. The smallest absolute Gasteiger partial charge is 0.338 e. The Labute approximate surface area is 842 Å². The van der Waals surface area contributed by atoms with Crippen molar-refractivity contribution in [1.82, 2.24) is 59.8 Å². The lowest BCUT2D eigenvalue weighted by atomic mass is 10.0. The van der Waals surface area contributed by atoms with Gasteiger partial charge in [-0.2, -0.15) is 19.9 Å². The number of phenols is 5. The maximum atomic E-state index is 11.9. The highest BCUT2D eigenvalue weighted by atomic mass is 16.5. The first-order valence-corrected chi connectivity index (χ1v) is 47.7. The number of para-hydroxylation sites is 1. The number of rotatable bonds is 36. The quantitative estimate of drug-likeness (QED) is 0.0179. The van der Waals surface area contributed by atoms with E-state index < -0.39 is 5.97 Å². The zero-order valence-corrected chi connectivity index (χ0v) is 82.5. The van der Waals surface area contributed by atoms with Crippen LogP contribution in [0.2, 0.25) is 0 Å². The van der Waals surface area contributed by atoms with Gasteiger partial charge in [-0.15, -0.1) is 0 Å². The summed E-state index contributed by atoms with van der Waals surface area (Å²) in [7, 11) is 7.54. The minimum absolute atomic E-state index is 0.0163. The summed E-state index contributed by atoms with van der Waals surface area (Å²) in [5, 5.41) is 59.9. The molecule has 29 heteroatoms. The number of phenolic OH excluding ortho intramolecular Hbond substituents is 5. The van der Waals surface area contributed by atoms with E-state index in [1.165, 1.54) is 59.1 Å². The molecular weight excluding hydrogens is 1830 g/mol. The number of nitrogens with zero attached hydrogens (tertiary/aromatic N) is 12. The first-order valence-electron chi connectivity index (χ1n) is 47.7. The van der Waals surface area contributed by atoms with E-state index in [-0.39, 0.29) is 52.3 Å². The molecule has 0 fully saturated rings. The van der Waals surface area contributed by atoms with Crippen LogP contribution in [-0.4, -0.2) is 153 Å². The summed E-state index contributed by atoms with van der Waals surface area (Å²) in [4.78, 5) is 79.1. The van der Waals surface area contributed by atoms with E-state index in [2.05, 4.69) is 102 Å². The van der Waals surface area contributed by atoms with E-state index in [1.54, 1.807) is 130 Å². The van der Waals surface area contributed by atoms with Crippen molar-refractivity contribution in [2.45, 2.75) is 92.9 Å². The van der Waals surface area contributed by atoms with E-state index in [0.717, 1.165) is 87.4 Å². The molecule has 2 atom stereocenters. The van der Waals surface area contributed by atoms with Crippen molar-refractivity contribution < 1.29 is 73.0 Å².